The second-order valence-electron chi connectivity index (χ2n) is 12.6. The fourth-order valence-corrected chi connectivity index (χ4v) is 5.41. The molecule has 0 saturated heterocycles. The molecule has 0 aliphatic rings. The second-order valence-corrected chi connectivity index (χ2v) is 12.6. The third-order valence-electron chi connectivity index (χ3n) is 7.59. The van der Waals surface area contributed by atoms with Crippen molar-refractivity contribution in [3.05, 3.63) is 150 Å². The van der Waals surface area contributed by atoms with Gasteiger partial charge in [0.1, 0.15) is 0 Å². The molecule has 0 amide bonds. The van der Waals surface area contributed by atoms with Crippen LogP contribution in [0.2, 0.25) is 0 Å². The number of furan rings is 1. The van der Waals surface area contributed by atoms with Crippen molar-refractivity contribution in [2.75, 3.05) is 0 Å². The van der Waals surface area contributed by atoms with E-state index in [-0.39, 0.29) is 36.8 Å². The van der Waals surface area contributed by atoms with Gasteiger partial charge in [0.15, 0.2) is 0 Å². The van der Waals surface area contributed by atoms with Crippen LogP contribution in [0, 0.1) is 31.3 Å². The first kappa shape index (κ1) is 26.6. The van der Waals surface area contributed by atoms with E-state index < -0.39 is 13.7 Å². The average Bonchev–Trinajstić information content (AvgIpc) is 3.49. The zero-order chi connectivity index (χ0) is 37.1. The molecule has 5 heteroatoms. The van der Waals surface area contributed by atoms with Gasteiger partial charge in [-0.3, -0.25) is 0 Å². The number of pyridine rings is 3. The number of benzene rings is 3. The van der Waals surface area contributed by atoms with Gasteiger partial charge in [0, 0.05) is 51.8 Å². The van der Waals surface area contributed by atoms with Crippen molar-refractivity contribution in [2.45, 2.75) is 53.7 Å². The van der Waals surface area contributed by atoms with Gasteiger partial charge in [-0.2, -0.15) is 0 Å². The molecule has 239 valence electrons. The third-order valence-corrected chi connectivity index (χ3v) is 7.59. The van der Waals surface area contributed by atoms with E-state index in [4.69, 9.17) is 12.6 Å². The van der Waals surface area contributed by atoms with Crippen molar-refractivity contribution >= 4 is 22.1 Å². The minimum absolute atomic E-state index is 0. The average molecular weight is 800 g/mol. The first-order chi connectivity index (χ1) is 24.6. The van der Waals surface area contributed by atoms with Crippen LogP contribution < -0.4 is 0 Å². The Morgan fingerprint density at radius 1 is 0.745 bits per heavy atom. The first-order valence-electron chi connectivity index (χ1n) is 18.4. The van der Waals surface area contributed by atoms with Gasteiger partial charge in [-0.15, -0.1) is 54.1 Å². The Balaban J connectivity index is 0.000000267. The van der Waals surface area contributed by atoms with E-state index in [1.165, 1.54) is 29.0 Å². The van der Waals surface area contributed by atoms with Crippen LogP contribution in [0.1, 0.15) is 56.9 Å². The fraction of sp³-hybridized carbons (Fsp3) is 0.214. The topological polar surface area (TPSA) is 51.8 Å². The Bertz CT molecular complexity index is 2280. The molecule has 0 fully saturated rings. The van der Waals surface area contributed by atoms with Gasteiger partial charge in [-0.25, -0.2) is 4.98 Å². The van der Waals surface area contributed by atoms with Crippen molar-refractivity contribution in [1.82, 2.24) is 15.0 Å². The van der Waals surface area contributed by atoms with Crippen molar-refractivity contribution in [3.63, 3.8) is 0 Å². The molecule has 0 atom stereocenters. The summed E-state index contributed by atoms with van der Waals surface area (Å²) in [5, 5.41) is 1.64. The van der Waals surface area contributed by atoms with Gasteiger partial charge in [-0.05, 0) is 84.7 Å². The SMILES string of the molecule is [2H]C([2H])([2H])c1ccc(-c2[c-]cccc2)nc1.[2H]C([2H])([2H])c1ccc2c(n1)oc1c(-c3cc(CCc4ccc(CC(C)(C)C)cc4)ccn3)[c-]ccc12.[Ir]. The van der Waals surface area contributed by atoms with Gasteiger partial charge in [0.25, 0.3) is 0 Å². The smallest absolute Gasteiger partial charge is 0.216 e. The molecule has 4 aromatic heterocycles. The number of rotatable bonds is 6. The molecule has 0 bridgehead atoms. The van der Waals surface area contributed by atoms with E-state index >= 15 is 0 Å². The summed E-state index contributed by atoms with van der Waals surface area (Å²) in [5.41, 5.74) is 8.45. The molecule has 7 aromatic rings. The van der Waals surface area contributed by atoms with Crippen molar-refractivity contribution in [1.29, 1.82) is 0 Å². The van der Waals surface area contributed by atoms with Crippen LogP contribution in [0.15, 0.2) is 114 Å². The van der Waals surface area contributed by atoms with E-state index in [0.29, 0.717) is 11.3 Å². The number of hydrogen-bond donors (Lipinski definition) is 0. The molecule has 4 heterocycles. The maximum atomic E-state index is 7.64. The molecule has 0 saturated carbocycles. The second kappa shape index (κ2) is 15.0. The molecule has 0 unspecified atom stereocenters. The molecule has 7 rings (SSSR count). The van der Waals surface area contributed by atoms with Crippen LogP contribution in [0.25, 0.3) is 44.6 Å². The zero-order valence-electron chi connectivity index (χ0n) is 32.6. The molecular formula is C42H39IrN3O-2. The van der Waals surface area contributed by atoms with Crippen LogP contribution in [-0.2, 0) is 39.4 Å². The first-order valence-corrected chi connectivity index (χ1v) is 15.4. The van der Waals surface area contributed by atoms with E-state index in [1.807, 2.05) is 42.6 Å². The Hall–Kier alpha value is -4.44. The Kier molecular flexibility index (Phi) is 8.48. The van der Waals surface area contributed by atoms with E-state index in [1.54, 1.807) is 24.3 Å². The monoisotopic (exact) mass is 800 g/mol. The van der Waals surface area contributed by atoms with Gasteiger partial charge in [0.05, 0.1) is 5.58 Å². The summed E-state index contributed by atoms with van der Waals surface area (Å²) in [6.07, 6.45) is 6.12. The van der Waals surface area contributed by atoms with Crippen molar-refractivity contribution < 1.29 is 32.7 Å². The standard InChI is InChI=1S/C30H29N2O.C12H10N.Ir/c1-20-8-15-25-24-6-5-7-26(28(24)33-29(25)32-20)27-18-22(16-17-31-27)12-9-21-10-13-23(14-11-21)19-30(2,3)4;1-10-7-8-12(13-9-10)11-5-3-2-4-6-11;/h5-6,8,10-11,13-18H,9,12,19H2,1-4H3;2-5,7-9H,1H3;/q2*-1;/i2*1D3;. The third kappa shape index (κ3) is 8.68. The minimum Gasteiger partial charge on any atom is -0.486 e. The summed E-state index contributed by atoms with van der Waals surface area (Å²) in [7, 11) is 0. The van der Waals surface area contributed by atoms with Crippen LogP contribution in [0.5, 0.6) is 0 Å². The van der Waals surface area contributed by atoms with Crippen LogP contribution in [0.4, 0.5) is 0 Å². The minimum atomic E-state index is -2.29. The van der Waals surface area contributed by atoms with Crippen LogP contribution in [-0.4, -0.2) is 15.0 Å². The van der Waals surface area contributed by atoms with Gasteiger partial charge in [0.2, 0.25) is 5.71 Å². The summed E-state index contributed by atoms with van der Waals surface area (Å²) in [5.74, 6) is 0. The molecule has 0 N–H and O–H groups in total. The van der Waals surface area contributed by atoms with E-state index in [0.717, 1.165) is 52.5 Å². The maximum absolute atomic E-state index is 7.64. The Morgan fingerprint density at radius 2 is 1.57 bits per heavy atom. The Labute approximate surface area is 300 Å². The summed E-state index contributed by atoms with van der Waals surface area (Å²) >= 11 is 0. The zero-order valence-corrected chi connectivity index (χ0v) is 29.0. The molecule has 47 heavy (non-hydrogen) atoms. The molecule has 3 aromatic carbocycles. The largest absolute Gasteiger partial charge is 0.486 e. The normalized spacial score (nSPS) is 13.6. The van der Waals surface area contributed by atoms with E-state index in [9.17, 15) is 0 Å². The Morgan fingerprint density at radius 3 is 2.30 bits per heavy atom. The van der Waals surface area contributed by atoms with Crippen LogP contribution >= 0.6 is 0 Å². The predicted molar refractivity (Wildman–Crippen MR) is 189 cm³/mol. The van der Waals surface area contributed by atoms with Crippen molar-refractivity contribution in [3.8, 4) is 22.5 Å². The molecule has 0 aliphatic carbocycles. The number of aryl methyl sites for hydroxylation is 4. The molecular weight excluding hydrogens is 755 g/mol. The van der Waals surface area contributed by atoms with Gasteiger partial charge in [-0.1, -0.05) is 79.7 Å². The van der Waals surface area contributed by atoms with Gasteiger partial charge < -0.3 is 14.4 Å². The number of nitrogens with zero attached hydrogens (tertiary/aromatic N) is 3. The number of fused-ring (bicyclic) bond motifs is 3. The molecule has 0 aliphatic heterocycles. The predicted octanol–water partition coefficient (Wildman–Crippen LogP) is 10.4. The molecule has 4 nitrogen and oxygen atoms in total. The number of hydrogen-bond acceptors (Lipinski definition) is 4. The van der Waals surface area contributed by atoms with E-state index in [2.05, 4.69) is 78.2 Å². The summed E-state index contributed by atoms with van der Waals surface area (Å²) in [4.78, 5) is 13.0. The number of aromatic nitrogens is 3. The quantitative estimate of drug-likeness (QED) is 0.157. The summed E-state index contributed by atoms with van der Waals surface area (Å²) < 4.78 is 50.7. The summed E-state index contributed by atoms with van der Waals surface area (Å²) in [6, 6.07) is 37.1. The fourth-order valence-electron chi connectivity index (χ4n) is 5.41. The van der Waals surface area contributed by atoms with Gasteiger partial charge >= 0.3 is 0 Å². The van der Waals surface area contributed by atoms with Crippen LogP contribution in [0.3, 0.4) is 0 Å². The van der Waals surface area contributed by atoms with Crippen molar-refractivity contribution in [2.24, 2.45) is 5.41 Å². The summed E-state index contributed by atoms with van der Waals surface area (Å²) in [6.45, 7) is 2.40. The molecule has 0 spiro atoms. The maximum Gasteiger partial charge on any atom is 0.216 e. The molecule has 1 radical (unpaired) electrons.